The predicted octanol–water partition coefficient (Wildman–Crippen LogP) is 1.38. The van der Waals surface area contributed by atoms with Gasteiger partial charge < -0.3 is 15.8 Å². The van der Waals surface area contributed by atoms with Crippen LogP contribution in [0.4, 0.5) is 5.95 Å². The van der Waals surface area contributed by atoms with E-state index in [1.165, 1.54) is 0 Å². The molecule has 3 N–H and O–H groups in total. The summed E-state index contributed by atoms with van der Waals surface area (Å²) in [5.41, 5.74) is 4.58. The molecule has 1 heterocycles. The molecule has 19 heavy (non-hydrogen) atoms. The average Bonchev–Trinajstić information content (AvgIpc) is 2.10. The molecule has 0 aliphatic heterocycles. The fourth-order valence-electron chi connectivity index (χ4n) is 1.43. The van der Waals surface area contributed by atoms with Crippen LogP contribution in [0.1, 0.15) is 34.1 Å². The number of rotatable bonds is 6. The molecule has 1 rings (SSSR count). The van der Waals surface area contributed by atoms with Gasteiger partial charge in [-0.1, -0.05) is 0 Å². The van der Waals surface area contributed by atoms with E-state index in [4.69, 9.17) is 22.1 Å². The summed E-state index contributed by atoms with van der Waals surface area (Å²) in [6.07, 6.45) is 0.0568. The maximum absolute atomic E-state index is 11.0. The van der Waals surface area contributed by atoms with Crippen molar-refractivity contribution in [3.63, 3.8) is 0 Å². The fourth-order valence-corrected chi connectivity index (χ4v) is 1.59. The summed E-state index contributed by atoms with van der Waals surface area (Å²) in [6, 6.07) is 0.132. The van der Waals surface area contributed by atoms with Crippen LogP contribution >= 0.6 is 11.6 Å². The molecule has 8 heteroatoms. The van der Waals surface area contributed by atoms with Crippen molar-refractivity contribution >= 4 is 23.5 Å². The molecular formula is C11H18ClN5O2. The van der Waals surface area contributed by atoms with Gasteiger partial charge in [0.25, 0.3) is 0 Å². The quantitative estimate of drug-likeness (QED) is 0.819. The molecule has 0 saturated heterocycles. The lowest BCUT2D eigenvalue weighted by Gasteiger charge is -2.24. The number of carbonyl (C=O) groups excluding carboxylic acids is 1. The van der Waals surface area contributed by atoms with Crippen molar-refractivity contribution in [2.24, 2.45) is 5.73 Å². The number of hydrogen-bond acceptors (Lipinski definition) is 6. The van der Waals surface area contributed by atoms with Crippen LogP contribution < -0.4 is 15.8 Å². The van der Waals surface area contributed by atoms with E-state index in [2.05, 4.69) is 20.3 Å². The van der Waals surface area contributed by atoms with E-state index in [1.54, 1.807) is 13.8 Å². The zero-order chi connectivity index (χ0) is 14.6. The summed E-state index contributed by atoms with van der Waals surface area (Å²) in [5, 5.41) is 2.99. The second kappa shape index (κ2) is 6.01. The van der Waals surface area contributed by atoms with Crippen molar-refractivity contribution in [1.29, 1.82) is 0 Å². The van der Waals surface area contributed by atoms with Crippen molar-refractivity contribution in [2.45, 2.75) is 45.8 Å². The van der Waals surface area contributed by atoms with E-state index >= 15 is 0 Å². The molecule has 1 amide bonds. The van der Waals surface area contributed by atoms with Gasteiger partial charge in [-0.25, -0.2) is 0 Å². The maximum atomic E-state index is 11.0. The van der Waals surface area contributed by atoms with Gasteiger partial charge in [-0.2, -0.15) is 15.0 Å². The van der Waals surface area contributed by atoms with Gasteiger partial charge in [0, 0.05) is 12.0 Å². The van der Waals surface area contributed by atoms with Crippen LogP contribution in [0.2, 0.25) is 5.28 Å². The van der Waals surface area contributed by atoms with Crippen LogP contribution in [0, 0.1) is 0 Å². The van der Waals surface area contributed by atoms with E-state index in [9.17, 15) is 4.79 Å². The van der Waals surface area contributed by atoms with Crippen molar-refractivity contribution < 1.29 is 9.53 Å². The van der Waals surface area contributed by atoms with Gasteiger partial charge >= 0.3 is 6.01 Å². The molecule has 0 fully saturated rings. The topological polar surface area (TPSA) is 103 Å². The zero-order valence-corrected chi connectivity index (χ0v) is 12.2. The number of nitrogens with two attached hydrogens (primary N) is 1. The number of nitrogens with one attached hydrogen (secondary N) is 1. The first kappa shape index (κ1) is 15.4. The summed E-state index contributed by atoms with van der Waals surface area (Å²) in [7, 11) is 0. The van der Waals surface area contributed by atoms with Crippen LogP contribution in [0.5, 0.6) is 6.01 Å². The highest BCUT2D eigenvalue weighted by atomic mass is 35.5. The lowest BCUT2D eigenvalue weighted by Crippen LogP contribution is -2.36. The first-order chi connectivity index (χ1) is 8.68. The Balaban J connectivity index is 2.88. The smallest absolute Gasteiger partial charge is 0.322 e. The standard InChI is InChI=1S/C11H18ClN5O2/c1-6(2)19-10-15-8(12)14-9(16-10)17-11(3,4)5-7(13)18/h6H,5H2,1-4H3,(H2,13,18)(H,14,15,16,17). The average molecular weight is 288 g/mol. The lowest BCUT2D eigenvalue weighted by atomic mass is 10.0. The Kier molecular flexibility index (Phi) is 4.88. The minimum absolute atomic E-state index is 0.0167. The van der Waals surface area contributed by atoms with Crippen LogP contribution in [-0.4, -0.2) is 32.5 Å². The van der Waals surface area contributed by atoms with E-state index in [0.717, 1.165) is 0 Å². The Hall–Kier alpha value is -1.63. The molecule has 0 spiro atoms. The van der Waals surface area contributed by atoms with Crippen LogP contribution in [0.15, 0.2) is 0 Å². The van der Waals surface area contributed by atoms with Crippen LogP contribution in [0.3, 0.4) is 0 Å². The molecule has 0 radical (unpaired) electrons. The van der Waals surface area contributed by atoms with E-state index in [0.29, 0.717) is 0 Å². The van der Waals surface area contributed by atoms with Crippen LogP contribution in [-0.2, 0) is 4.79 Å². The van der Waals surface area contributed by atoms with Gasteiger partial charge in [-0.15, -0.1) is 0 Å². The maximum Gasteiger partial charge on any atom is 0.322 e. The molecule has 0 aliphatic carbocycles. The molecule has 0 bridgehead atoms. The van der Waals surface area contributed by atoms with Crippen LogP contribution in [0.25, 0.3) is 0 Å². The first-order valence-corrected chi connectivity index (χ1v) is 6.20. The molecule has 7 nitrogen and oxygen atoms in total. The highest BCUT2D eigenvalue weighted by molar-refractivity contribution is 6.28. The number of halogens is 1. The van der Waals surface area contributed by atoms with Gasteiger partial charge in [0.05, 0.1) is 6.10 Å². The van der Waals surface area contributed by atoms with Crippen molar-refractivity contribution in [3.8, 4) is 6.01 Å². The minimum atomic E-state index is -0.592. The first-order valence-electron chi connectivity index (χ1n) is 5.83. The third-order valence-corrected chi connectivity index (χ3v) is 2.16. The number of ether oxygens (including phenoxy) is 1. The normalized spacial score (nSPS) is 11.5. The van der Waals surface area contributed by atoms with Gasteiger partial charge in [-0.05, 0) is 39.3 Å². The largest absolute Gasteiger partial charge is 0.461 e. The van der Waals surface area contributed by atoms with E-state index < -0.39 is 11.4 Å². The number of carbonyl (C=O) groups is 1. The number of aromatic nitrogens is 3. The minimum Gasteiger partial charge on any atom is -0.461 e. The summed E-state index contributed by atoms with van der Waals surface area (Å²) in [6.45, 7) is 7.31. The van der Waals surface area contributed by atoms with Gasteiger partial charge in [-0.3, -0.25) is 4.79 Å². The number of primary amides is 1. The number of nitrogens with zero attached hydrogens (tertiary/aromatic N) is 3. The van der Waals surface area contributed by atoms with E-state index in [-0.39, 0.29) is 29.8 Å². The zero-order valence-electron chi connectivity index (χ0n) is 11.4. The highest BCUT2D eigenvalue weighted by Crippen LogP contribution is 2.18. The van der Waals surface area contributed by atoms with Crippen molar-refractivity contribution in [1.82, 2.24) is 15.0 Å². The van der Waals surface area contributed by atoms with Gasteiger partial charge in [0.15, 0.2) is 0 Å². The molecule has 1 aromatic rings. The van der Waals surface area contributed by atoms with Crippen molar-refractivity contribution in [3.05, 3.63) is 5.28 Å². The molecule has 106 valence electrons. The predicted molar refractivity (Wildman–Crippen MR) is 72.1 cm³/mol. The second-order valence-electron chi connectivity index (χ2n) is 5.03. The third kappa shape index (κ3) is 5.69. The molecular weight excluding hydrogens is 270 g/mol. The Morgan fingerprint density at radius 1 is 1.42 bits per heavy atom. The molecule has 0 aliphatic rings. The summed E-state index contributed by atoms with van der Waals surface area (Å²) in [5.74, 6) is -0.182. The second-order valence-corrected chi connectivity index (χ2v) is 5.37. The van der Waals surface area contributed by atoms with Crippen molar-refractivity contribution in [2.75, 3.05) is 5.32 Å². The summed E-state index contributed by atoms with van der Waals surface area (Å²) < 4.78 is 5.35. The van der Waals surface area contributed by atoms with Gasteiger partial charge in [0.1, 0.15) is 0 Å². The molecule has 0 atom stereocenters. The Bertz CT molecular complexity index is 464. The SMILES string of the molecule is CC(C)Oc1nc(Cl)nc(NC(C)(C)CC(N)=O)n1. The van der Waals surface area contributed by atoms with Gasteiger partial charge in [0.2, 0.25) is 17.1 Å². The van der Waals surface area contributed by atoms with E-state index in [1.807, 2.05) is 13.8 Å². The summed E-state index contributed by atoms with van der Waals surface area (Å²) >= 11 is 5.79. The Morgan fingerprint density at radius 2 is 2.05 bits per heavy atom. The summed E-state index contributed by atoms with van der Waals surface area (Å²) in [4.78, 5) is 22.8. The fraction of sp³-hybridized carbons (Fsp3) is 0.636. The number of anilines is 1. The molecule has 1 aromatic heterocycles. The Labute approximate surface area is 116 Å². The number of hydrogen-bond donors (Lipinski definition) is 2. The number of amides is 1. The lowest BCUT2D eigenvalue weighted by molar-refractivity contribution is -0.118. The Morgan fingerprint density at radius 3 is 2.58 bits per heavy atom. The third-order valence-electron chi connectivity index (χ3n) is 2.00. The highest BCUT2D eigenvalue weighted by Gasteiger charge is 2.22. The molecule has 0 saturated carbocycles. The monoisotopic (exact) mass is 287 g/mol. The molecule has 0 aromatic carbocycles. The molecule has 0 unspecified atom stereocenters.